The van der Waals surface area contributed by atoms with Crippen LogP contribution in [0.15, 0.2) is 42.6 Å². The molecule has 0 aliphatic heterocycles. The predicted octanol–water partition coefficient (Wildman–Crippen LogP) is 3.47. The van der Waals surface area contributed by atoms with Gasteiger partial charge in [0.25, 0.3) is 0 Å². The highest BCUT2D eigenvalue weighted by Crippen LogP contribution is 2.17. The van der Waals surface area contributed by atoms with Gasteiger partial charge in [0.15, 0.2) is 5.78 Å². The van der Waals surface area contributed by atoms with Gasteiger partial charge in [0.2, 0.25) is 0 Å². The van der Waals surface area contributed by atoms with Gasteiger partial charge in [-0.3, -0.25) is 9.78 Å². The minimum absolute atomic E-state index is 0.0589. The molecule has 0 aliphatic rings. The second-order valence-corrected chi connectivity index (χ2v) is 4.28. The normalized spacial score (nSPS) is 10.2. The Kier molecular flexibility index (Phi) is 3.55. The lowest BCUT2D eigenvalue weighted by atomic mass is 10.0. The average Bonchev–Trinajstić information content (AvgIpc) is 2.32. The molecule has 2 aromatic rings. The van der Waals surface area contributed by atoms with Crippen molar-refractivity contribution < 1.29 is 4.79 Å². The summed E-state index contributed by atoms with van der Waals surface area (Å²) in [5, 5.41) is 0.631. The van der Waals surface area contributed by atoms with Gasteiger partial charge in [-0.2, -0.15) is 0 Å². The molecule has 0 N–H and O–H groups in total. The standard InChI is InChI=1S/C14H12ClNO/c1-10-8-12(6-7-16-10)14(17)9-11-4-2-3-5-13(11)15/h2-8H,9H2,1H3. The zero-order valence-electron chi connectivity index (χ0n) is 9.48. The van der Waals surface area contributed by atoms with E-state index in [1.165, 1.54) is 0 Å². The molecule has 17 heavy (non-hydrogen) atoms. The van der Waals surface area contributed by atoms with E-state index in [1.54, 1.807) is 24.4 Å². The van der Waals surface area contributed by atoms with Crippen molar-refractivity contribution in [1.82, 2.24) is 4.98 Å². The molecule has 1 heterocycles. The van der Waals surface area contributed by atoms with Crippen molar-refractivity contribution in [3.8, 4) is 0 Å². The molecule has 0 amide bonds. The number of rotatable bonds is 3. The first-order valence-electron chi connectivity index (χ1n) is 5.36. The molecule has 0 unspecified atom stereocenters. The summed E-state index contributed by atoms with van der Waals surface area (Å²) in [4.78, 5) is 16.1. The topological polar surface area (TPSA) is 30.0 Å². The van der Waals surface area contributed by atoms with Crippen LogP contribution < -0.4 is 0 Å². The van der Waals surface area contributed by atoms with E-state index >= 15 is 0 Å². The molecular formula is C14H12ClNO. The van der Waals surface area contributed by atoms with Crippen LogP contribution in [0.2, 0.25) is 5.02 Å². The molecule has 0 saturated carbocycles. The number of aryl methyl sites for hydroxylation is 1. The molecule has 2 nitrogen and oxygen atoms in total. The third-order valence-electron chi connectivity index (χ3n) is 2.53. The SMILES string of the molecule is Cc1cc(C(=O)Cc2ccccc2Cl)ccn1. The molecule has 1 aromatic carbocycles. The van der Waals surface area contributed by atoms with E-state index in [1.807, 2.05) is 25.1 Å². The molecule has 0 bridgehead atoms. The summed E-state index contributed by atoms with van der Waals surface area (Å²) < 4.78 is 0. The summed E-state index contributed by atoms with van der Waals surface area (Å²) in [5.74, 6) is 0.0589. The van der Waals surface area contributed by atoms with Crippen LogP contribution in [0.1, 0.15) is 21.6 Å². The van der Waals surface area contributed by atoms with Gasteiger partial charge < -0.3 is 0 Å². The maximum absolute atomic E-state index is 12.0. The van der Waals surface area contributed by atoms with E-state index in [2.05, 4.69) is 4.98 Å². The van der Waals surface area contributed by atoms with Gasteiger partial charge in [0.05, 0.1) is 0 Å². The molecule has 86 valence electrons. The average molecular weight is 246 g/mol. The summed E-state index contributed by atoms with van der Waals surface area (Å²) in [6.07, 6.45) is 1.97. The minimum Gasteiger partial charge on any atom is -0.294 e. The number of carbonyl (C=O) groups is 1. The van der Waals surface area contributed by atoms with E-state index in [-0.39, 0.29) is 5.78 Å². The molecule has 1 aromatic heterocycles. The van der Waals surface area contributed by atoms with Gasteiger partial charge in [-0.1, -0.05) is 29.8 Å². The van der Waals surface area contributed by atoms with Crippen molar-refractivity contribution in [2.24, 2.45) is 0 Å². The largest absolute Gasteiger partial charge is 0.294 e. The summed E-state index contributed by atoms with van der Waals surface area (Å²) in [5.41, 5.74) is 2.38. The molecule has 0 atom stereocenters. The number of halogens is 1. The Labute approximate surface area is 105 Å². The first kappa shape index (κ1) is 11.8. The van der Waals surface area contributed by atoms with Gasteiger partial charge in [0.1, 0.15) is 0 Å². The molecule has 0 saturated heterocycles. The fourth-order valence-electron chi connectivity index (χ4n) is 1.64. The second-order valence-electron chi connectivity index (χ2n) is 3.88. The van der Waals surface area contributed by atoms with Crippen LogP contribution in [-0.2, 0) is 6.42 Å². The van der Waals surface area contributed by atoms with Crippen molar-refractivity contribution >= 4 is 17.4 Å². The summed E-state index contributed by atoms with van der Waals surface area (Å²) in [6.45, 7) is 1.87. The monoisotopic (exact) mass is 245 g/mol. The van der Waals surface area contributed by atoms with E-state index in [0.29, 0.717) is 17.0 Å². The van der Waals surface area contributed by atoms with Gasteiger partial charge in [-0.05, 0) is 30.7 Å². The first-order valence-corrected chi connectivity index (χ1v) is 5.74. The zero-order chi connectivity index (χ0) is 12.3. The Morgan fingerprint density at radius 2 is 2.06 bits per heavy atom. The van der Waals surface area contributed by atoms with Crippen LogP contribution in [0.3, 0.4) is 0 Å². The number of nitrogens with zero attached hydrogens (tertiary/aromatic N) is 1. The second kappa shape index (κ2) is 5.11. The number of hydrogen-bond donors (Lipinski definition) is 0. The van der Waals surface area contributed by atoms with Crippen LogP contribution in [0.5, 0.6) is 0 Å². The Balaban J connectivity index is 2.20. The Morgan fingerprint density at radius 3 is 2.76 bits per heavy atom. The zero-order valence-corrected chi connectivity index (χ0v) is 10.2. The van der Waals surface area contributed by atoms with Crippen molar-refractivity contribution in [3.05, 3.63) is 64.4 Å². The molecule has 2 rings (SSSR count). The third kappa shape index (κ3) is 2.92. The number of pyridine rings is 1. The van der Waals surface area contributed by atoms with Crippen molar-refractivity contribution in [3.63, 3.8) is 0 Å². The van der Waals surface area contributed by atoms with Crippen molar-refractivity contribution in [1.29, 1.82) is 0 Å². The summed E-state index contributed by atoms with van der Waals surface area (Å²) >= 11 is 6.02. The highest BCUT2D eigenvalue weighted by atomic mass is 35.5. The highest BCUT2D eigenvalue weighted by Gasteiger charge is 2.09. The lowest BCUT2D eigenvalue weighted by Crippen LogP contribution is -2.04. The van der Waals surface area contributed by atoms with E-state index in [4.69, 9.17) is 11.6 Å². The molecule has 0 fully saturated rings. The molecular weight excluding hydrogens is 234 g/mol. The lowest BCUT2D eigenvalue weighted by molar-refractivity contribution is 0.0993. The molecule has 3 heteroatoms. The Bertz CT molecular complexity index is 551. The number of aromatic nitrogens is 1. The predicted molar refractivity (Wildman–Crippen MR) is 68.5 cm³/mol. The lowest BCUT2D eigenvalue weighted by Gasteiger charge is -2.04. The van der Waals surface area contributed by atoms with Gasteiger partial charge in [-0.15, -0.1) is 0 Å². The van der Waals surface area contributed by atoms with Gasteiger partial charge >= 0.3 is 0 Å². The summed E-state index contributed by atoms with van der Waals surface area (Å²) in [7, 11) is 0. The van der Waals surface area contributed by atoms with Gasteiger partial charge in [-0.25, -0.2) is 0 Å². The maximum atomic E-state index is 12.0. The van der Waals surface area contributed by atoms with Crippen LogP contribution in [0.4, 0.5) is 0 Å². The van der Waals surface area contributed by atoms with Crippen molar-refractivity contribution in [2.45, 2.75) is 13.3 Å². The van der Waals surface area contributed by atoms with E-state index in [0.717, 1.165) is 11.3 Å². The fourth-order valence-corrected chi connectivity index (χ4v) is 1.84. The van der Waals surface area contributed by atoms with E-state index < -0.39 is 0 Å². The fraction of sp³-hybridized carbons (Fsp3) is 0.143. The number of ketones is 1. The number of benzene rings is 1. The quantitative estimate of drug-likeness (QED) is 0.775. The smallest absolute Gasteiger partial charge is 0.167 e. The molecule has 0 spiro atoms. The van der Waals surface area contributed by atoms with Crippen LogP contribution in [0.25, 0.3) is 0 Å². The number of Topliss-reactive ketones (excluding diaryl/α,β-unsaturated/α-hetero) is 1. The minimum atomic E-state index is 0.0589. The molecule has 0 radical (unpaired) electrons. The maximum Gasteiger partial charge on any atom is 0.167 e. The number of carbonyl (C=O) groups excluding carboxylic acids is 1. The van der Waals surface area contributed by atoms with Crippen LogP contribution >= 0.6 is 11.6 Å². The summed E-state index contributed by atoms with van der Waals surface area (Å²) in [6, 6.07) is 10.9. The van der Waals surface area contributed by atoms with Crippen molar-refractivity contribution in [2.75, 3.05) is 0 Å². The van der Waals surface area contributed by atoms with Crippen LogP contribution in [0, 0.1) is 6.92 Å². The highest BCUT2D eigenvalue weighted by molar-refractivity contribution is 6.31. The third-order valence-corrected chi connectivity index (χ3v) is 2.90. The molecule has 0 aliphatic carbocycles. The first-order chi connectivity index (χ1) is 8.16. The Morgan fingerprint density at radius 1 is 1.29 bits per heavy atom. The van der Waals surface area contributed by atoms with Crippen LogP contribution in [-0.4, -0.2) is 10.8 Å². The van der Waals surface area contributed by atoms with Gasteiger partial charge in [0, 0.05) is 28.9 Å². The number of hydrogen-bond acceptors (Lipinski definition) is 2. The van der Waals surface area contributed by atoms with E-state index in [9.17, 15) is 4.79 Å². The Hall–Kier alpha value is -1.67.